The van der Waals surface area contributed by atoms with Crippen molar-refractivity contribution < 1.29 is 64.6 Å². The number of amides is 1. The minimum atomic E-state index is -1.79. The lowest BCUT2D eigenvalue weighted by molar-refractivity contribution is -0.359. The summed E-state index contributed by atoms with van der Waals surface area (Å²) in [5.41, 5.74) is 0. The van der Waals surface area contributed by atoms with E-state index < -0.39 is 86.8 Å². The summed E-state index contributed by atoms with van der Waals surface area (Å²) in [7, 11) is 0. The predicted octanol–water partition coefficient (Wildman–Crippen LogP) is 16.3. The minimum Gasteiger partial charge on any atom is -0.394 e. The molecule has 526 valence electrons. The maximum Gasteiger partial charge on any atom is 0.220 e. The van der Waals surface area contributed by atoms with E-state index in [0.717, 1.165) is 32.1 Å². The molecule has 0 spiro atoms. The first-order valence-corrected chi connectivity index (χ1v) is 38.1. The molecule has 1 amide bonds. The second kappa shape index (κ2) is 60.2. The van der Waals surface area contributed by atoms with Crippen LogP contribution < -0.4 is 5.32 Å². The van der Waals surface area contributed by atoms with Crippen LogP contribution in [0.5, 0.6) is 0 Å². The molecule has 0 aromatic rings. The van der Waals surface area contributed by atoms with E-state index in [2.05, 4.69) is 31.3 Å². The molecule has 89 heavy (non-hydrogen) atoms. The van der Waals surface area contributed by atoms with Gasteiger partial charge in [-0.1, -0.05) is 340 Å². The van der Waals surface area contributed by atoms with Gasteiger partial charge >= 0.3 is 0 Å². The van der Waals surface area contributed by atoms with Gasteiger partial charge in [0.15, 0.2) is 12.6 Å². The molecular formula is C75H143NO13. The van der Waals surface area contributed by atoms with Crippen LogP contribution in [0, 0.1) is 0 Å². The monoisotopic (exact) mass is 1270 g/mol. The van der Waals surface area contributed by atoms with E-state index in [0.29, 0.717) is 12.8 Å². The molecule has 2 aliphatic rings. The zero-order valence-electron chi connectivity index (χ0n) is 57.5. The number of nitrogens with one attached hydrogen (secondary N) is 1. The highest BCUT2D eigenvalue weighted by atomic mass is 16.7. The first kappa shape index (κ1) is 83.6. The van der Waals surface area contributed by atoms with Crippen molar-refractivity contribution in [2.45, 2.75) is 428 Å². The van der Waals surface area contributed by atoms with Crippen molar-refractivity contribution in [3.63, 3.8) is 0 Å². The van der Waals surface area contributed by atoms with Crippen LogP contribution in [-0.4, -0.2) is 140 Å². The SMILES string of the molecule is CCCCCCCCCCCCCCCCCCCCCCCCCC/C=C/CC/C=C/C(O)C(COC1OC(CO)C(OC2OC(CO)C(O)C(O)C2O)C(O)C1O)NC(=O)CCCCCCCCCCCCCCCCCCCCCCCCCCC. The summed E-state index contributed by atoms with van der Waals surface area (Å²) in [4.78, 5) is 13.3. The Balaban J connectivity index is 1.66. The fourth-order valence-electron chi connectivity index (χ4n) is 12.8. The third kappa shape index (κ3) is 44.0. The molecule has 12 unspecified atom stereocenters. The molecule has 9 N–H and O–H groups in total. The van der Waals surface area contributed by atoms with Crippen LogP contribution in [0.1, 0.15) is 354 Å². The molecule has 2 aliphatic heterocycles. The van der Waals surface area contributed by atoms with Gasteiger partial charge in [0.1, 0.15) is 48.8 Å². The van der Waals surface area contributed by atoms with E-state index in [4.69, 9.17) is 18.9 Å². The smallest absolute Gasteiger partial charge is 0.220 e. The molecule has 2 saturated heterocycles. The van der Waals surface area contributed by atoms with Crippen molar-refractivity contribution in [3.05, 3.63) is 24.3 Å². The van der Waals surface area contributed by atoms with E-state index in [-0.39, 0.29) is 18.9 Å². The van der Waals surface area contributed by atoms with Crippen molar-refractivity contribution in [1.29, 1.82) is 0 Å². The first-order valence-electron chi connectivity index (χ1n) is 38.1. The molecular weight excluding hydrogens is 1120 g/mol. The van der Waals surface area contributed by atoms with Gasteiger partial charge < -0.3 is 65.1 Å². The van der Waals surface area contributed by atoms with Crippen LogP contribution in [0.25, 0.3) is 0 Å². The number of aliphatic hydroxyl groups excluding tert-OH is 8. The normalized spacial score (nSPS) is 23.1. The maximum atomic E-state index is 13.3. The number of hydrogen-bond acceptors (Lipinski definition) is 13. The van der Waals surface area contributed by atoms with Gasteiger partial charge in [-0.2, -0.15) is 0 Å². The molecule has 0 saturated carbocycles. The van der Waals surface area contributed by atoms with E-state index in [9.17, 15) is 45.6 Å². The number of hydrogen-bond donors (Lipinski definition) is 9. The van der Waals surface area contributed by atoms with Gasteiger partial charge in [-0.15, -0.1) is 0 Å². The van der Waals surface area contributed by atoms with Crippen molar-refractivity contribution >= 4 is 5.91 Å². The molecule has 14 heteroatoms. The summed E-state index contributed by atoms with van der Waals surface area (Å²) in [6, 6.07) is -0.930. The fourth-order valence-corrected chi connectivity index (χ4v) is 12.8. The first-order chi connectivity index (χ1) is 43.6. The van der Waals surface area contributed by atoms with E-state index in [1.807, 2.05) is 6.08 Å². The van der Waals surface area contributed by atoms with Gasteiger partial charge in [0.05, 0.1) is 32.0 Å². The highest BCUT2D eigenvalue weighted by Gasteiger charge is 2.51. The number of allylic oxidation sites excluding steroid dienone is 3. The molecule has 2 rings (SSSR count). The van der Waals surface area contributed by atoms with Crippen LogP contribution in [0.15, 0.2) is 24.3 Å². The zero-order chi connectivity index (χ0) is 64.5. The summed E-state index contributed by atoms with van der Waals surface area (Å²) in [5.74, 6) is -0.241. The summed E-state index contributed by atoms with van der Waals surface area (Å²) in [6.45, 7) is 2.85. The molecule has 0 bridgehead atoms. The topological polar surface area (TPSA) is 228 Å². The van der Waals surface area contributed by atoms with Crippen molar-refractivity contribution in [2.75, 3.05) is 19.8 Å². The second-order valence-corrected chi connectivity index (χ2v) is 27.1. The standard InChI is InChI=1S/C75H143NO13/c1-3-5-7-9-11-13-15-17-19-21-23-25-27-29-30-31-32-33-35-36-38-40-42-44-46-48-50-52-54-56-58-64(79)63(62-86-74-72(85)70(83)73(66(61-78)88-74)89-75-71(84)69(82)68(81)65(60-77)87-75)76-67(80)59-57-55-53-51-49-47-45-43-41-39-37-34-28-26-24-22-20-18-16-14-12-10-8-6-4-2/h48,50,56,58,63-66,68-75,77-79,81-85H,3-47,49,51-55,57,59-62H2,1-2H3,(H,76,80)/b50-48+,58-56+. The third-order valence-corrected chi connectivity index (χ3v) is 18.9. The summed E-state index contributed by atoms with van der Waals surface area (Å²) in [5, 5.41) is 87.5. The number of ether oxygens (including phenoxy) is 4. The molecule has 0 aliphatic carbocycles. The molecule has 2 fully saturated rings. The summed E-state index contributed by atoms with van der Waals surface area (Å²) >= 11 is 0. The molecule has 2 heterocycles. The van der Waals surface area contributed by atoms with Gasteiger partial charge in [0.2, 0.25) is 5.91 Å². The average molecular weight is 1270 g/mol. The van der Waals surface area contributed by atoms with E-state index in [1.54, 1.807) is 6.08 Å². The van der Waals surface area contributed by atoms with Gasteiger partial charge in [0, 0.05) is 6.42 Å². The average Bonchev–Trinajstić information content (AvgIpc) is 1.27. The zero-order valence-corrected chi connectivity index (χ0v) is 57.5. The summed E-state index contributed by atoms with van der Waals surface area (Å²) < 4.78 is 22.9. The van der Waals surface area contributed by atoms with E-state index in [1.165, 1.54) is 289 Å². The van der Waals surface area contributed by atoms with Crippen LogP contribution >= 0.6 is 0 Å². The Morgan fingerprint density at radius 1 is 0.393 bits per heavy atom. The maximum absolute atomic E-state index is 13.3. The summed E-state index contributed by atoms with van der Waals surface area (Å²) in [6.07, 6.45) is 59.7. The number of aliphatic hydroxyl groups is 8. The van der Waals surface area contributed by atoms with Gasteiger partial charge in [-0.3, -0.25) is 4.79 Å². The number of rotatable bonds is 64. The Labute approximate surface area is 545 Å². The number of unbranched alkanes of at least 4 members (excludes halogenated alkanes) is 49. The third-order valence-electron chi connectivity index (χ3n) is 18.9. The highest BCUT2D eigenvalue weighted by molar-refractivity contribution is 5.76. The molecule has 12 atom stereocenters. The van der Waals surface area contributed by atoms with Crippen molar-refractivity contribution in [3.8, 4) is 0 Å². The minimum absolute atomic E-state index is 0.241. The highest BCUT2D eigenvalue weighted by Crippen LogP contribution is 2.30. The van der Waals surface area contributed by atoms with Gasteiger partial charge in [-0.25, -0.2) is 0 Å². The Kier molecular flexibility index (Phi) is 56.5. The predicted molar refractivity (Wildman–Crippen MR) is 365 cm³/mol. The number of carbonyl (C=O) groups excluding carboxylic acids is 1. The van der Waals surface area contributed by atoms with Gasteiger partial charge in [-0.05, 0) is 32.1 Å². The molecule has 0 aromatic carbocycles. The lowest BCUT2D eigenvalue weighted by Crippen LogP contribution is -2.65. The van der Waals surface area contributed by atoms with Crippen LogP contribution in [0.3, 0.4) is 0 Å². The second-order valence-electron chi connectivity index (χ2n) is 27.1. The van der Waals surface area contributed by atoms with E-state index >= 15 is 0 Å². The van der Waals surface area contributed by atoms with Crippen LogP contribution in [-0.2, 0) is 23.7 Å². The Morgan fingerprint density at radius 2 is 0.719 bits per heavy atom. The quantitative estimate of drug-likeness (QED) is 0.0204. The van der Waals surface area contributed by atoms with Crippen molar-refractivity contribution in [2.24, 2.45) is 0 Å². The Hall–Kier alpha value is -1.53. The Morgan fingerprint density at radius 3 is 1.10 bits per heavy atom. The molecule has 14 nitrogen and oxygen atoms in total. The van der Waals surface area contributed by atoms with Crippen molar-refractivity contribution in [1.82, 2.24) is 5.32 Å². The number of carbonyl (C=O) groups is 1. The fraction of sp³-hybridized carbons (Fsp3) is 0.933. The molecule has 0 aromatic heterocycles. The largest absolute Gasteiger partial charge is 0.394 e. The van der Waals surface area contributed by atoms with Crippen LogP contribution in [0.4, 0.5) is 0 Å². The lowest BCUT2D eigenvalue weighted by atomic mass is 9.97. The Bertz CT molecular complexity index is 1590. The molecule has 0 radical (unpaired) electrons. The van der Waals surface area contributed by atoms with Crippen LogP contribution in [0.2, 0.25) is 0 Å². The lowest BCUT2D eigenvalue weighted by Gasteiger charge is -2.46. The van der Waals surface area contributed by atoms with Gasteiger partial charge in [0.25, 0.3) is 0 Å².